The SMILES string of the molecule is CNC(=O)[C@H](Cc1ccccc1)N(Cc1cccc(C)c1)C(=O)CN(c1ccc(C)c(C)c1)S(=O)(=O)c1ccc(Cl)cc1. The van der Waals surface area contributed by atoms with E-state index in [0.29, 0.717) is 10.7 Å². The Kier molecular flexibility index (Phi) is 10.3. The summed E-state index contributed by atoms with van der Waals surface area (Å²) in [4.78, 5) is 29.2. The van der Waals surface area contributed by atoms with Crippen molar-refractivity contribution in [1.82, 2.24) is 10.2 Å². The third kappa shape index (κ3) is 7.83. The van der Waals surface area contributed by atoms with Gasteiger partial charge in [0.2, 0.25) is 11.8 Å². The summed E-state index contributed by atoms with van der Waals surface area (Å²) in [6.07, 6.45) is 0.256. The summed E-state index contributed by atoms with van der Waals surface area (Å²) in [6.45, 7) is 5.38. The predicted molar refractivity (Wildman–Crippen MR) is 172 cm³/mol. The minimum absolute atomic E-state index is 0.000277. The highest BCUT2D eigenvalue weighted by atomic mass is 35.5. The van der Waals surface area contributed by atoms with Crippen LogP contribution in [0.4, 0.5) is 5.69 Å². The number of aryl methyl sites for hydroxylation is 3. The zero-order chi connectivity index (χ0) is 31.1. The van der Waals surface area contributed by atoms with Gasteiger partial charge in [-0.25, -0.2) is 8.42 Å². The van der Waals surface area contributed by atoms with Crippen LogP contribution < -0.4 is 9.62 Å². The average molecular weight is 618 g/mol. The number of halogens is 1. The van der Waals surface area contributed by atoms with Crippen LogP contribution in [0.5, 0.6) is 0 Å². The van der Waals surface area contributed by atoms with Gasteiger partial charge in [0.1, 0.15) is 12.6 Å². The molecule has 43 heavy (non-hydrogen) atoms. The summed E-state index contributed by atoms with van der Waals surface area (Å²) in [5.74, 6) is -0.857. The number of nitrogens with zero attached hydrogens (tertiary/aromatic N) is 2. The molecule has 0 heterocycles. The quantitative estimate of drug-likeness (QED) is 0.229. The van der Waals surface area contributed by atoms with Gasteiger partial charge in [-0.2, -0.15) is 0 Å². The van der Waals surface area contributed by atoms with Crippen LogP contribution in [0.2, 0.25) is 5.02 Å². The fourth-order valence-corrected chi connectivity index (χ4v) is 6.40. The number of nitrogens with one attached hydrogen (secondary N) is 1. The second-order valence-corrected chi connectivity index (χ2v) is 12.9. The van der Waals surface area contributed by atoms with Crippen molar-refractivity contribution in [1.29, 1.82) is 0 Å². The lowest BCUT2D eigenvalue weighted by Gasteiger charge is -2.33. The van der Waals surface area contributed by atoms with E-state index < -0.39 is 28.5 Å². The smallest absolute Gasteiger partial charge is 0.264 e. The number of carbonyl (C=O) groups is 2. The first-order chi connectivity index (χ1) is 20.5. The van der Waals surface area contributed by atoms with Crippen molar-refractivity contribution in [2.24, 2.45) is 0 Å². The van der Waals surface area contributed by atoms with Crippen LogP contribution >= 0.6 is 11.6 Å². The minimum Gasteiger partial charge on any atom is -0.357 e. The maximum atomic E-state index is 14.4. The first-order valence-electron chi connectivity index (χ1n) is 14.0. The Morgan fingerprint density at radius 1 is 0.814 bits per heavy atom. The van der Waals surface area contributed by atoms with E-state index in [-0.39, 0.29) is 23.8 Å². The van der Waals surface area contributed by atoms with Crippen molar-refractivity contribution in [2.45, 2.75) is 44.7 Å². The van der Waals surface area contributed by atoms with Crippen LogP contribution in [0.15, 0.2) is 102 Å². The summed E-state index contributed by atoms with van der Waals surface area (Å²) in [5.41, 5.74) is 4.92. The van der Waals surface area contributed by atoms with Crippen molar-refractivity contribution in [3.05, 3.63) is 130 Å². The van der Waals surface area contributed by atoms with Crippen LogP contribution in [0.3, 0.4) is 0 Å². The molecule has 0 bridgehead atoms. The lowest BCUT2D eigenvalue weighted by molar-refractivity contribution is -0.139. The molecule has 2 amide bonds. The summed E-state index contributed by atoms with van der Waals surface area (Å²) in [5, 5.41) is 3.10. The Labute approximate surface area is 259 Å². The zero-order valence-electron chi connectivity index (χ0n) is 24.7. The maximum Gasteiger partial charge on any atom is 0.264 e. The van der Waals surface area contributed by atoms with E-state index in [1.54, 1.807) is 12.1 Å². The van der Waals surface area contributed by atoms with Crippen molar-refractivity contribution in [3.8, 4) is 0 Å². The van der Waals surface area contributed by atoms with E-state index in [2.05, 4.69) is 5.32 Å². The van der Waals surface area contributed by atoms with E-state index in [9.17, 15) is 18.0 Å². The molecule has 0 spiro atoms. The summed E-state index contributed by atoms with van der Waals surface area (Å²) in [6, 6.07) is 27.4. The lowest BCUT2D eigenvalue weighted by atomic mass is 10.0. The molecule has 0 aliphatic rings. The topological polar surface area (TPSA) is 86.8 Å². The first-order valence-corrected chi connectivity index (χ1v) is 15.8. The van der Waals surface area contributed by atoms with Gasteiger partial charge in [0.05, 0.1) is 10.6 Å². The van der Waals surface area contributed by atoms with Gasteiger partial charge in [-0.05, 0) is 79.4 Å². The van der Waals surface area contributed by atoms with Gasteiger partial charge < -0.3 is 10.2 Å². The highest BCUT2D eigenvalue weighted by Crippen LogP contribution is 2.27. The average Bonchev–Trinajstić information content (AvgIpc) is 2.99. The number of sulfonamides is 1. The molecule has 4 aromatic carbocycles. The Morgan fingerprint density at radius 3 is 2.12 bits per heavy atom. The number of rotatable bonds is 11. The Balaban J connectivity index is 1.80. The summed E-state index contributed by atoms with van der Waals surface area (Å²) in [7, 11) is -2.66. The summed E-state index contributed by atoms with van der Waals surface area (Å²) < 4.78 is 29.3. The molecule has 0 saturated heterocycles. The van der Waals surface area contributed by atoms with Crippen LogP contribution in [-0.4, -0.2) is 44.8 Å². The molecule has 4 rings (SSSR count). The van der Waals surface area contributed by atoms with Gasteiger partial charge in [-0.3, -0.25) is 13.9 Å². The van der Waals surface area contributed by atoms with E-state index >= 15 is 0 Å². The number of carbonyl (C=O) groups excluding carboxylic acids is 2. The van der Waals surface area contributed by atoms with Crippen molar-refractivity contribution in [3.63, 3.8) is 0 Å². The van der Waals surface area contributed by atoms with Gasteiger partial charge in [-0.15, -0.1) is 0 Å². The number of anilines is 1. The van der Waals surface area contributed by atoms with Gasteiger partial charge in [-0.1, -0.05) is 77.8 Å². The van der Waals surface area contributed by atoms with E-state index in [4.69, 9.17) is 11.6 Å². The van der Waals surface area contributed by atoms with Crippen molar-refractivity contribution < 1.29 is 18.0 Å². The molecule has 224 valence electrons. The fourth-order valence-electron chi connectivity index (χ4n) is 4.87. The Hall–Kier alpha value is -4.14. The molecule has 0 aliphatic carbocycles. The molecule has 0 unspecified atom stereocenters. The molecule has 1 N–H and O–H groups in total. The number of hydrogen-bond acceptors (Lipinski definition) is 4. The summed E-state index contributed by atoms with van der Waals surface area (Å²) >= 11 is 6.05. The minimum atomic E-state index is -4.19. The molecule has 7 nitrogen and oxygen atoms in total. The second-order valence-electron chi connectivity index (χ2n) is 10.6. The predicted octanol–water partition coefficient (Wildman–Crippen LogP) is 5.85. The molecular weight excluding hydrogens is 582 g/mol. The van der Waals surface area contributed by atoms with Crippen LogP contribution in [0.1, 0.15) is 27.8 Å². The molecule has 0 radical (unpaired) electrons. The fraction of sp³-hybridized carbons (Fsp3) is 0.235. The van der Waals surface area contributed by atoms with Gasteiger partial charge in [0, 0.05) is 25.0 Å². The van der Waals surface area contributed by atoms with Gasteiger partial charge >= 0.3 is 0 Å². The molecule has 0 saturated carbocycles. The second kappa shape index (κ2) is 13.9. The van der Waals surface area contributed by atoms with Gasteiger partial charge in [0.15, 0.2) is 0 Å². The van der Waals surface area contributed by atoms with Crippen molar-refractivity contribution in [2.75, 3.05) is 17.9 Å². The highest BCUT2D eigenvalue weighted by Gasteiger charge is 2.34. The number of hydrogen-bond donors (Lipinski definition) is 1. The largest absolute Gasteiger partial charge is 0.357 e. The lowest BCUT2D eigenvalue weighted by Crippen LogP contribution is -2.53. The number of benzene rings is 4. The Bertz CT molecular complexity index is 1690. The number of likely N-dealkylation sites (N-methyl/N-ethyl adjacent to an activating group) is 1. The standard InChI is InChI=1S/C34H36ClN3O4S/c1-24-9-8-12-28(19-24)22-37(32(34(40)36-4)21-27-10-6-5-7-11-27)33(39)23-38(30-16-13-25(2)26(3)20-30)43(41,42)31-17-14-29(35)15-18-31/h5-20,32H,21-23H2,1-4H3,(H,36,40)/t32-/m0/s1. The monoisotopic (exact) mass is 617 g/mol. The zero-order valence-corrected chi connectivity index (χ0v) is 26.3. The highest BCUT2D eigenvalue weighted by molar-refractivity contribution is 7.92. The van der Waals surface area contributed by atoms with Crippen molar-refractivity contribution >= 4 is 39.1 Å². The maximum absolute atomic E-state index is 14.4. The third-order valence-corrected chi connectivity index (χ3v) is 9.45. The molecule has 9 heteroatoms. The van der Waals surface area contributed by atoms with Crippen LogP contribution in [-0.2, 0) is 32.6 Å². The molecule has 4 aromatic rings. The molecule has 0 aromatic heterocycles. The third-order valence-electron chi connectivity index (χ3n) is 7.41. The normalized spacial score (nSPS) is 11.9. The molecule has 1 atom stereocenters. The Morgan fingerprint density at radius 2 is 1.49 bits per heavy atom. The molecular formula is C34H36ClN3O4S. The van der Waals surface area contributed by atoms with Crippen LogP contribution in [0.25, 0.3) is 0 Å². The molecule has 0 fully saturated rings. The number of amides is 2. The van der Waals surface area contributed by atoms with E-state index in [1.807, 2.05) is 81.4 Å². The van der Waals surface area contributed by atoms with Gasteiger partial charge in [0.25, 0.3) is 10.0 Å². The molecule has 0 aliphatic heterocycles. The van der Waals surface area contributed by atoms with Crippen LogP contribution in [0, 0.1) is 20.8 Å². The first kappa shape index (κ1) is 31.8. The van der Waals surface area contributed by atoms with E-state index in [1.165, 1.54) is 36.2 Å². The van der Waals surface area contributed by atoms with E-state index in [0.717, 1.165) is 32.1 Å².